The zero-order valence-corrected chi connectivity index (χ0v) is 11.3. The van der Waals surface area contributed by atoms with E-state index in [-0.39, 0.29) is 0 Å². The van der Waals surface area contributed by atoms with Gasteiger partial charge >= 0.3 is 0 Å². The standard InChI is InChI=1S/C14H19Br/c1-4-5-6-11(2)9-13-8-7-12(3)10-14(13)15/h5-8,10-11H,4,9H2,1-3H3/b6-5-. The van der Waals surface area contributed by atoms with Gasteiger partial charge in [-0.2, -0.15) is 0 Å². The van der Waals surface area contributed by atoms with Crippen molar-refractivity contribution in [1.29, 1.82) is 0 Å². The van der Waals surface area contributed by atoms with E-state index < -0.39 is 0 Å². The molecule has 0 nitrogen and oxygen atoms in total. The van der Waals surface area contributed by atoms with E-state index in [0.29, 0.717) is 5.92 Å². The molecular formula is C14H19Br. The third kappa shape index (κ3) is 4.21. The van der Waals surface area contributed by atoms with E-state index in [4.69, 9.17) is 0 Å². The van der Waals surface area contributed by atoms with E-state index in [1.165, 1.54) is 15.6 Å². The van der Waals surface area contributed by atoms with Crippen molar-refractivity contribution in [1.82, 2.24) is 0 Å². The lowest BCUT2D eigenvalue weighted by molar-refractivity contribution is 0.718. The summed E-state index contributed by atoms with van der Waals surface area (Å²) in [5.41, 5.74) is 2.70. The highest BCUT2D eigenvalue weighted by Gasteiger charge is 2.03. The Balaban J connectivity index is 2.68. The summed E-state index contributed by atoms with van der Waals surface area (Å²) in [5, 5.41) is 0. The minimum Gasteiger partial charge on any atom is -0.0885 e. The highest BCUT2D eigenvalue weighted by molar-refractivity contribution is 9.10. The Morgan fingerprint density at radius 1 is 1.40 bits per heavy atom. The van der Waals surface area contributed by atoms with Crippen LogP contribution in [0.3, 0.4) is 0 Å². The maximum absolute atomic E-state index is 3.62. The molecule has 0 N–H and O–H groups in total. The van der Waals surface area contributed by atoms with Gasteiger partial charge in [-0.05, 0) is 42.9 Å². The second-order valence-electron chi connectivity index (χ2n) is 4.11. The summed E-state index contributed by atoms with van der Waals surface area (Å²) in [7, 11) is 0. The molecule has 1 aromatic carbocycles. The van der Waals surface area contributed by atoms with Crippen LogP contribution in [0.1, 0.15) is 31.4 Å². The normalized spacial score (nSPS) is 13.3. The van der Waals surface area contributed by atoms with E-state index in [2.05, 4.69) is 67.1 Å². The number of benzene rings is 1. The molecule has 0 fully saturated rings. The van der Waals surface area contributed by atoms with Crippen molar-refractivity contribution in [3.63, 3.8) is 0 Å². The van der Waals surface area contributed by atoms with Gasteiger partial charge in [0.2, 0.25) is 0 Å². The summed E-state index contributed by atoms with van der Waals surface area (Å²) in [6.45, 7) is 6.55. The van der Waals surface area contributed by atoms with Crippen molar-refractivity contribution in [2.45, 2.75) is 33.6 Å². The third-order valence-electron chi connectivity index (χ3n) is 2.45. The fourth-order valence-electron chi connectivity index (χ4n) is 1.60. The van der Waals surface area contributed by atoms with E-state index >= 15 is 0 Å². The molecular weight excluding hydrogens is 248 g/mol. The molecule has 0 radical (unpaired) electrons. The Labute approximate surface area is 102 Å². The zero-order valence-electron chi connectivity index (χ0n) is 9.76. The lowest BCUT2D eigenvalue weighted by atomic mass is 10.00. The van der Waals surface area contributed by atoms with Gasteiger partial charge in [-0.25, -0.2) is 0 Å². The molecule has 0 aromatic heterocycles. The highest BCUT2D eigenvalue weighted by Crippen LogP contribution is 2.21. The first-order chi connectivity index (χ1) is 7.13. The van der Waals surface area contributed by atoms with E-state index in [9.17, 15) is 0 Å². The predicted octanol–water partition coefficient (Wildman–Crippen LogP) is 4.90. The quantitative estimate of drug-likeness (QED) is 0.680. The molecule has 1 heteroatoms. The lowest BCUT2D eigenvalue weighted by Gasteiger charge is -2.09. The van der Waals surface area contributed by atoms with Crippen LogP contribution < -0.4 is 0 Å². The predicted molar refractivity (Wildman–Crippen MR) is 71.2 cm³/mol. The second-order valence-corrected chi connectivity index (χ2v) is 4.97. The molecule has 0 saturated heterocycles. The fraction of sp³-hybridized carbons (Fsp3) is 0.429. The monoisotopic (exact) mass is 266 g/mol. The first kappa shape index (κ1) is 12.5. The number of aryl methyl sites for hydroxylation is 1. The molecule has 15 heavy (non-hydrogen) atoms. The van der Waals surface area contributed by atoms with Gasteiger partial charge in [-0.15, -0.1) is 0 Å². The maximum atomic E-state index is 3.62. The number of allylic oxidation sites excluding steroid dienone is 2. The molecule has 82 valence electrons. The average molecular weight is 267 g/mol. The van der Waals surface area contributed by atoms with Crippen molar-refractivity contribution in [3.8, 4) is 0 Å². The van der Waals surface area contributed by atoms with Gasteiger partial charge < -0.3 is 0 Å². The van der Waals surface area contributed by atoms with Crippen LogP contribution in [0.25, 0.3) is 0 Å². The summed E-state index contributed by atoms with van der Waals surface area (Å²) in [6, 6.07) is 6.58. The molecule has 0 spiro atoms. The summed E-state index contributed by atoms with van der Waals surface area (Å²) in [5.74, 6) is 0.615. The van der Waals surface area contributed by atoms with Crippen molar-refractivity contribution in [2.24, 2.45) is 5.92 Å². The van der Waals surface area contributed by atoms with Gasteiger partial charge in [-0.3, -0.25) is 0 Å². The number of halogens is 1. The van der Waals surface area contributed by atoms with Crippen LogP contribution in [0.15, 0.2) is 34.8 Å². The van der Waals surface area contributed by atoms with Gasteiger partial charge in [0, 0.05) is 4.47 Å². The number of hydrogen-bond acceptors (Lipinski definition) is 0. The molecule has 0 bridgehead atoms. The van der Waals surface area contributed by atoms with Crippen molar-refractivity contribution in [3.05, 3.63) is 46.0 Å². The van der Waals surface area contributed by atoms with Gasteiger partial charge in [0.25, 0.3) is 0 Å². The van der Waals surface area contributed by atoms with Crippen molar-refractivity contribution >= 4 is 15.9 Å². The first-order valence-electron chi connectivity index (χ1n) is 5.55. The van der Waals surface area contributed by atoms with Gasteiger partial charge in [0.15, 0.2) is 0 Å². The smallest absolute Gasteiger partial charge is 0.0210 e. The topological polar surface area (TPSA) is 0 Å². The number of hydrogen-bond donors (Lipinski definition) is 0. The highest BCUT2D eigenvalue weighted by atomic mass is 79.9. The van der Waals surface area contributed by atoms with Crippen LogP contribution in [0, 0.1) is 12.8 Å². The Hall–Kier alpha value is -0.560. The van der Waals surface area contributed by atoms with Crippen LogP contribution in [-0.4, -0.2) is 0 Å². The molecule has 0 amide bonds. The summed E-state index contributed by atoms with van der Waals surface area (Å²) in [4.78, 5) is 0. The molecule has 0 saturated carbocycles. The van der Waals surface area contributed by atoms with Gasteiger partial charge in [0.1, 0.15) is 0 Å². The van der Waals surface area contributed by atoms with E-state index in [0.717, 1.165) is 12.8 Å². The van der Waals surface area contributed by atoms with Crippen LogP contribution in [-0.2, 0) is 6.42 Å². The Morgan fingerprint density at radius 3 is 2.73 bits per heavy atom. The zero-order chi connectivity index (χ0) is 11.3. The summed E-state index contributed by atoms with van der Waals surface area (Å²) in [6.07, 6.45) is 6.77. The Kier molecular flexibility index (Phi) is 5.10. The molecule has 0 aliphatic carbocycles. The molecule has 1 atom stereocenters. The second kappa shape index (κ2) is 6.12. The lowest BCUT2D eigenvalue weighted by Crippen LogP contribution is -1.97. The molecule has 0 heterocycles. The molecule has 1 unspecified atom stereocenters. The van der Waals surface area contributed by atoms with E-state index in [1.54, 1.807) is 0 Å². The third-order valence-corrected chi connectivity index (χ3v) is 3.19. The Bertz CT molecular complexity index is 339. The minimum atomic E-state index is 0.615. The molecule has 1 aromatic rings. The SMILES string of the molecule is CC/C=C\C(C)Cc1ccc(C)cc1Br. The van der Waals surface area contributed by atoms with Crippen molar-refractivity contribution < 1.29 is 0 Å². The summed E-state index contributed by atoms with van der Waals surface area (Å²) < 4.78 is 1.24. The Morgan fingerprint density at radius 2 is 2.13 bits per heavy atom. The summed E-state index contributed by atoms with van der Waals surface area (Å²) >= 11 is 3.62. The maximum Gasteiger partial charge on any atom is 0.0210 e. The largest absolute Gasteiger partial charge is 0.0885 e. The van der Waals surface area contributed by atoms with Crippen LogP contribution in [0.4, 0.5) is 0 Å². The van der Waals surface area contributed by atoms with Gasteiger partial charge in [0.05, 0.1) is 0 Å². The van der Waals surface area contributed by atoms with E-state index in [1.807, 2.05) is 0 Å². The van der Waals surface area contributed by atoms with Crippen LogP contribution in [0.2, 0.25) is 0 Å². The fourth-order valence-corrected chi connectivity index (χ4v) is 2.26. The molecule has 0 aliphatic heterocycles. The minimum absolute atomic E-state index is 0.615. The van der Waals surface area contributed by atoms with Crippen LogP contribution >= 0.6 is 15.9 Å². The average Bonchev–Trinajstić information content (AvgIpc) is 2.19. The molecule has 0 aliphatic rings. The van der Waals surface area contributed by atoms with Crippen LogP contribution in [0.5, 0.6) is 0 Å². The van der Waals surface area contributed by atoms with Crippen molar-refractivity contribution in [2.75, 3.05) is 0 Å². The first-order valence-corrected chi connectivity index (χ1v) is 6.34. The van der Waals surface area contributed by atoms with Gasteiger partial charge in [-0.1, -0.05) is 54.1 Å². The molecule has 1 rings (SSSR count). The number of rotatable bonds is 4.